The zero-order valence-corrected chi connectivity index (χ0v) is 13.1. The molecule has 0 atom stereocenters. The number of carbonyl (C=O) groups excluding carboxylic acids is 1. The summed E-state index contributed by atoms with van der Waals surface area (Å²) in [5.41, 5.74) is 3.06. The second kappa shape index (κ2) is 7.23. The van der Waals surface area contributed by atoms with E-state index in [2.05, 4.69) is 20.8 Å². The number of hydrogen-bond acceptors (Lipinski definition) is 4. The summed E-state index contributed by atoms with van der Waals surface area (Å²) in [7, 11) is 1.55. The van der Waals surface area contributed by atoms with E-state index in [-0.39, 0.29) is 6.03 Å². The van der Waals surface area contributed by atoms with Crippen molar-refractivity contribution in [1.29, 1.82) is 0 Å². The smallest absolute Gasteiger partial charge is 0.323 e. The summed E-state index contributed by atoms with van der Waals surface area (Å²) in [5.74, 6) is 0.467. The first kappa shape index (κ1) is 15.5. The molecule has 1 aromatic heterocycles. The molecule has 2 amide bonds. The molecule has 0 aliphatic rings. The highest BCUT2D eigenvalue weighted by Crippen LogP contribution is 2.20. The van der Waals surface area contributed by atoms with Crippen molar-refractivity contribution in [3.8, 4) is 17.1 Å². The minimum absolute atomic E-state index is 0.293. The summed E-state index contributed by atoms with van der Waals surface area (Å²) < 4.78 is 4.99. The highest BCUT2D eigenvalue weighted by molar-refractivity contribution is 5.99. The van der Waals surface area contributed by atoms with Gasteiger partial charge in [0.25, 0.3) is 0 Å². The zero-order chi connectivity index (χ0) is 16.8. The number of para-hydroxylation sites is 1. The van der Waals surface area contributed by atoms with E-state index < -0.39 is 0 Å². The van der Waals surface area contributed by atoms with E-state index in [9.17, 15) is 4.79 Å². The first-order valence-electron chi connectivity index (χ1n) is 7.36. The minimum Gasteiger partial charge on any atom is -0.480 e. The molecule has 2 N–H and O–H groups in total. The number of anilines is 2. The predicted molar refractivity (Wildman–Crippen MR) is 93.1 cm³/mol. The van der Waals surface area contributed by atoms with E-state index in [1.54, 1.807) is 13.2 Å². The van der Waals surface area contributed by atoms with Crippen molar-refractivity contribution < 1.29 is 9.53 Å². The van der Waals surface area contributed by atoms with Crippen molar-refractivity contribution in [2.45, 2.75) is 0 Å². The van der Waals surface area contributed by atoms with Crippen LogP contribution in [0.3, 0.4) is 0 Å². The zero-order valence-electron chi connectivity index (χ0n) is 13.1. The van der Waals surface area contributed by atoms with Crippen molar-refractivity contribution >= 4 is 17.4 Å². The first-order chi connectivity index (χ1) is 11.7. The van der Waals surface area contributed by atoms with Crippen molar-refractivity contribution in [2.75, 3.05) is 17.7 Å². The first-order valence-corrected chi connectivity index (χ1v) is 7.36. The van der Waals surface area contributed by atoms with Gasteiger partial charge in [0.05, 0.1) is 12.8 Å². The summed E-state index contributed by atoms with van der Waals surface area (Å²) >= 11 is 0. The maximum atomic E-state index is 11.9. The number of hydrogen-bond donors (Lipinski definition) is 2. The number of nitrogens with zero attached hydrogens (tertiary/aromatic N) is 2. The molecule has 3 aromatic rings. The van der Waals surface area contributed by atoms with Gasteiger partial charge in [-0.15, -0.1) is 10.2 Å². The van der Waals surface area contributed by atoms with E-state index >= 15 is 0 Å². The molecule has 2 aromatic carbocycles. The molecule has 3 rings (SSSR count). The van der Waals surface area contributed by atoms with Crippen LogP contribution in [0.15, 0.2) is 66.7 Å². The number of benzene rings is 2. The Bertz CT molecular complexity index is 803. The van der Waals surface area contributed by atoms with Crippen molar-refractivity contribution in [3.63, 3.8) is 0 Å². The van der Waals surface area contributed by atoms with Crippen LogP contribution in [-0.2, 0) is 0 Å². The van der Waals surface area contributed by atoms with Crippen molar-refractivity contribution in [2.24, 2.45) is 0 Å². The van der Waals surface area contributed by atoms with Gasteiger partial charge in [0.1, 0.15) is 0 Å². The molecular formula is C18H16N4O2. The minimum atomic E-state index is -0.293. The molecule has 1 heterocycles. The fourth-order valence-corrected chi connectivity index (χ4v) is 2.12. The standard InChI is InChI=1S/C18H16N4O2/c1-24-17-12-11-16(21-22-17)13-7-9-15(10-8-13)20-18(23)19-14-5-3-2-4-6-14/h2-12H,1H3,(H2,19,20,23). The Balaban J connectivity index is 1.64. The number of amides is 2. The molecule has 0 aliphatic carbocycles. The molecule has 0 fully saturated rings. The molecule has 24 heavy (non-hydrogen) atoms. The average molecular weight is 320 g/mol. The molecule has 0 unspecified atom stereocenters. The summed E-state index contributed by atoms with van der Waals surface area (Å²) in [6, 6.07) is 19.9. The molecule has 0 radical (unpaired) electrons. The number of ether oxygens (including phenoxy) is 1. The van der Waals surface area contributed by atoms with Crippen LogP contribution >= 0.6 is 0 Å². The third-order valence-corrected chi connectivity index (χ3v) is 3.32. The lowest BCUT2D eigenvalue weighted by Crippen LogP contribution is -2.19. The Morgan fingerprint density at radius 1 is 0.833 bits per heavy atom. The SMILES string of the molecule is COc1ccc(-c2ccc(NC(=O)Nc3ccccc3)cc2)nn1. The number of rotatable bonds is 4. The molecule has 6 nitrogen and oxygen atoms in total. The second-order valence-electron chi connectivity index (χ2n) is 4.98. The van der Waals surface area contributed by atoms with Gasteiger partial charge in [-0.1, -0.05) is 30.3 Å². The topological polar surface area (TPSA) is 76.1 Å². The van der Waals surface area contributed by atoms with Crippen LogP contribution in [0.1, 0.15) is 0 Å². The highest BCUT2D eigenvalue weighted by Gasteiger charge is 2.04. The molecule has 0 saturated carbocycles. The molecular weight excluding hydrogens is 304 g/mol. The Kier molecular flexibility index (Phi) is 4.67. The van der Waals surface area contributed by atoms with Crippen LogP contribution < -0.4 is 15.4 Å². The van der Waals surface area contributed by atoms with Crippen LogP contribution in [0.2, 0.25) is 0 Å². The van der Waals surface area contributed by atoms with Crippen molar-refractivity contribution in [1.82, 2.24) is 10.2 Å². The lowest BCUT2D eigenvalue weighted by Gasteiger charge is -2.08. The molecule has 0 saturated heterocycles. The maximum Gasteiger partial charge on any atom is 0.323 e. The monoisotopic (exact) mass is 320 g/mol. The van der Waals surface area contributed by atoms with Gasteiger partial charge < -0.3 is 15.4 Å². The fraction of sp³-hybridized carbons (Fsp3) is 0.0556. The normalized spacial score (nSPS) is 10.0. The average Bonchev–Trinajstić information content (AvgIpc) is 2.63. The van der Waals surface area contributed by atoms with Crippen LogP contribution in [0, 0.1) is 0 Å². The van der Waals surface area contributed by atoms with Crippen molar-refractivity contribution in [3.05, 3.63) is 66.7 Å². The molecule has 0 spiro atoms. The predicted octanol–water partition coefficient (Wildman–Crippen LogP) is 3.80. The number of carbonyl (C=O) groups is 1. The highest BCUT2D eigenvalue weighted by atomic mass is 16.5. The fourth-order valence-electron chi connectivity index (χ4n) is 2.12. The maximum absolute atomic E-state index is 11.9. The molecule has 0 aliphatic heterocycles. The molecule has 6 heteroatoms. The van der Waals surface area contributed by atoms with E-state index in [1.807, 2.05) is 60.7 Å². The summed E-state index contributed by atoms with van der Waals surface area (Å²) in [5, 5.41) is 13.6. The van der Waals surface area contributed by atoms with Crippen LogP contribution in [0.5, 0.6) is 5.88 Å². The molecule has 0 bridgehead atoms. The number of aromatic nitrogens is 2. The Labute approximate surface area is 139 Å². The number of nitrogens with one attached hydrogen (secondary N) is 2. The summed E-state index contributed by atoms with van der Waals surface area (Å²) in [6.45, 7) is 0. The third-order valence-electron chi connectivity index (χ3n) is 3.32. The van der Waals surface area contributed by atoms with Gasteiger partial charge in [0, 0.05) is 23.0 Å². The number of urea groups is 1. The van der Waals surface area contributed by atoms with Crippen LogP contribution in [0.25, 0.3) is 11.3 Å². The largest absolute Gasteiger partial charge is 0.480 e. The van der Waals surface area contributed by atoms with Gasteiger partial charge in [0.15, 0.2) is 0 Å². The quantitative estimate of drug-likeness (QED) is 0.766. The van der Waals surface area contributed by atoms with E-state index in [0.29, 0.717) is 11.6 Å². The van der Waals surface area contributed by atoms with Gasteiger partial charge in [0.2, 0.25) is 5.88 Å². The number of methoxy groups -OCH3 is 1. The van der Waals surface area contributed by atoms with Gasteiger partial charge in [-0.25, -0.2) is 4.79 Å². The Morgan fingerprint density at radius 2 is 1.50 bits per heavy atom. The lowest BCUT2D eigenvalue weighted by molar-refractivity contribution is 0.262. The van der Waals surface area contributed by atoms with E-state index in [4.69, 9.17) is 4.74 Å². The summed E-state index contributed by atoms with van der Waals surface area (Å²) in [4.78, 5) is 11.9. The Hall–Kier alpha value is -3.41. The summed E-state index contributed by atoms with van der Waals surface area (Å²) in [6.07, 6.45) is 0. The van der Waals surface area contributed by atoms with Crippen LogP contribution in [0.4, 0.5) is 16.2 Å². The second-order valence-corrected chi connectivity index (χ2v) is 4.98. The van der Waals surface area contributed by atoms with E-state index in [0.717, 1.165) is 16.9 Å². The third kappa shape index (κ3) is 3.86. The van der Waals surface area contributed by atoms with E-state index in [1.165, 1.54) is 0 Å². The lowest BCUT2D eigenvalue weighted by atomic mass is 10.1. The van der Waals surface area contributed by atoms with Gasteiger partial charge >= 0.3 is 6.03 Å². The Morgan fingerprint density at radius 3 is 2.08 bits per heavy atom. The van der Waals surface area contributed by atoms with Gasteiger partial charge in [-0.2, -0.15) is 0 Å². The van der Waals surface area contributed by atoms with Gasteiger partial charge in [-0.3, -0.25) is 0 Å². The van der Waals surface area contributed by atoms with Gasteiger partial charge in [-0.05, 0) is 30.3 Å². The molecule has 120 valence electrons. The van der Waals surface area contributed by atoms with Crippen LogP contribution in [-0.4, -0.2) is 23.3 Å².